The smallest absolute Gasteiger partial charge is 0.311 e. The molecule has 1 saturated carbocycles. The molecule has 0 aromatic heterocycles. The van der Waals surface area contributed by atoms with Gasteiger partial charge in [0.2, 0.25) is 0 Å². The number of nitro benzene ring substituents is 1. The molecular weight excluding hydrogens is 302 g/mol. The SMILES string of the molecule is COC1C(Br)CC1Oc1ccc(C)cc1[N+](=O)[O-]. The van der Waals surface area contributed by atoms with Gasteiger partial charge in [0.1, 0.15) is 12.2 Å². The Morgan fingerprint density at radius 3 is 2.78 bits per heavy atom. The predicted octanol–water partition coefficient (Wildman–Crippen LogP) is 2.83. The van der Waals surface area contributed by atoms with Gasteiger partial charge in [-0.2, -0.15) is 0 Å². The molecule has 3 unspecified atom stereocenters. The van der Waals surface area contributed by atoms with Crippen LogP contribution < -0.4 is 4.74 Å². The summed E-state index contributed by atoms with van der Waals surface area (Å²) in [5, 5.41) is 11.0. The third kappa shape index (κ3) is 2.49. The Kier molecular flexibility index (Phi) is 3.87. The first-order valence-corrected chi connectivity index (χ1v) is 6.53. The van der Waals surface area contributed by atoms with Crippen molar-refractivity contribution in [3.8, 4) is 5.75 Å². The molecule has 0 amide bonds. The maximum absolute atomic E-state index is 11.0. The summed E-state index contributed by atoms with van der Waals surface area (Å²) in [6.07, 6.45) is 0.579. The molecule has 0 radical (unpaired) electrons. The zero-order valence-corrected chi connectivity index (χ0v) is 11.7. The Labute approximate surface area is 113 Å². The molecule has 1 fully saturated rings. The number of benzene rings is 1. The van der Waals surface area contributed by atoms with Crippen LogP contribution in [0.2, 0.25) is 0 Å². The lowest BCUT2D eigenvalue weighted by Gasteiger charge is -2.39. The molecule has 98 valence electrons. The second-order valence-corrected chi connectivity index (χ2v) is 5.51. The van der Waals surface area contributed by atoms with Gasteiger partial charge in [-0.15, -0.1) is 0 Å². The van der Waals surface area contributed by atoms with Crippen LogP contribution in [0.5, 0.6) is 5.75 Å². The van der Waals surface area contributed by atoms with E-state index >= 15 is 0 Å². The van der Waals surface area contributed by atoms with Crippen LogP contribution in [0.3, 0.4) is 0 Å². The van der Waals surface area contributed by atoms with Gasteiger partial charge in [0, 0.05) is 24.4 Å². The summed E-state index contributed by atoms with van der Waals surface area (Å²) >= 11 is 3.46. The van der Waals surface area contributed by atoms with Crippen molar-refractivity contribution in [1.82, 2.24) is 0 Å². The molecule has 1 aromatic rings. The summed E-state index contributed by atoms with van der Waals surface area (Å²) in [5.41, 5.74) is 0.840. The molecule has 1 aromatic carbocycles. The largest absolute Gasteiger partial charge is 0.481 e. The van der Waals surface area contributed by atoms with Crippen molar-refractivity contribution in [3.63, 3.8) is 0 Å². The zero-order valence-electron chi connectivity index (χ0n) is 10.1. The third-order valence-corrected chi connectivity index (χ3v) is 3.94. The molecule has 2 rings (SSSR count). The number of methoxy groups -OCH3 is 1. The van der Waals surface area contributed by atoms with Crippen LogP contribution in [0.1, 0.15) is 12.0 Å². The molecule has 3 atom stereocenters. The standard InChI is InChI=1S/C12H14BrNO4/c1-7-3-4-10(9(5-7)14(15)16)18-11-6-8(13)12(11)17-2/h3-5,8,11-12H,6H2,1-2H3. The average Bonchev–Trinajstić information content (AvgIpc) is 2.30. The van der Waals surface area contributed by atoms with Gasteiger partial charge in [-0.05, 0) is 18.6 Å². The first kappa shape index (κ1) is 13.3. The number of hydrogen-bond donors (Lipinski definition) is 0. The Balaban J connectivity index is 2.17. The Morgan fingerprint density at radius 2 is 2.22 bits per heavy atom. The second kappa shape index (κ2) is 5.24. The minimum absolute atomic E-state index is 0.00266. The van der Waals surface area contributed by atoms with Gasteiger partial charge in [0.15, 0.2) is 5.75 Å². The number of hydrogen-bond acceptors (Lipinski definition) is 4. The number of aryl methyl sites for hydroxylation is 1. The Bertz CT molecular complexity index is 465. The van der Waals surface area contributed by atoms with Crippen LogP contribution in [-0.2, 0) is 4.74 Å². The van der Waals surface area contributed by atoms with Gasteiger partial charge in [0.25, 0.3) is 0 Å². The Morgan fingerprint density at radius 1 is 1.50 bits per heavy atom. The van der Waals surface area contributed by atoms with E-state index in [9.17, 15) is 10.1 Å². The average molecular weight is 316 g/mol. The minimum Gasteiger partial charge on any atom is -0.481 e. The van der Waals surface area contributed by atoms with Crippen molar-refractivity contribution in [2.45, 2.75) is 30.4 Å². The first-order valence-electron chi connectivity index (χ1n) is 5.61. The number of halogens is 1. The van der Waals surface area contributed by atoms with Crippen molar-refractivity contribution in [2.24, 2.45) is 0 Å². The number of nitrogens with zero attached hydrogens (tertiary/aromatic N) is 1. The fraction of sp³-hybridized carbons (Fsp3) is 0.500. The normalized spacial score (nSPS) is 26.5. The first-order chi connectivity index (χ1) is 8.52. The van der Waals surface area contributed by atoms with E-state index in [1.807, 2.05) is 6.92 Å². The van der Waals surface area contributed by atoms with E-state index < -0.39 is 4.92 Å². The fourth-order valence-corrected chi connectivity index (χ4v) is 2.90. The monoisotopic (exact) mass is 315 g/mol. The van der Waals surface area contributed by atoms with Crippen LogP contribution in [-0.4, -0.2) is 29.1 Å². The van der Waals surface area contributed by atoms with Crippen molar-refractivity contribution in [1.29, 1.82) is 0 Å². The van der Waals surface area contributed by atoms with Gasteiger partial charge < -0.3 is 9.47 Å². The molecule has 0 spiro atoms. The van der Waals surface area contributed by atoms with E-state index in [1.165, 1.54) is 6.07 Å². The number of ether oxygens (including phenoxy) is 2. The topological polar surface area (TPSA) is 61.6 Å². The van der Waals surface area contributed by atoms with Crippen LogP contribution in [0, 0.1) is 17.0 Å². The molecule has 0 aliphatic heterocycles. The molecule has 0 saturated heterocycles. The van der Waals surface area contributed by atoms with Crippen molar-refractivity contribution in [2.75, 3.05) is 7.11 Å². The molecule has 5 nitrogen and oxygen atoms in total. The van der Waals surface area contributed by atoms with E-state index in [4.69, 9.17) is 9.47 Å². The van der Waals surface area contributed by atoms with Crippen LogP contribution in [0.15, 0.2) is 18.2 Å². The summed E-state index contributed by atoms with van der Waals surface area (Å²) in [6.45, 7) is 1.81. The van der Waals surface area contributed by atoms with Crippen molar-refractivity contribution >= 4 is 21.6 Å². The molecule has 0 heterocycles. The molecule has 0 N–H and O–H groups in total. The van der Waals surface area contributed by atoms with Gasteiger partial charge in [-0.3, -0.25) is 10.1 Å². The highest BCUT2D eigenvalue weighted by atomic mass is 79.9. The highest BCUT2D eigenvalue weighted by Crippen LogP contribution is 2.36. The van der Waals surface area contributed by atoms with Crippen LogP contribution >= 0.6 is 15.9 Å². The summed E-state index contributed by atoms with van der Waals surface area (Å²) in [5.74, 6) is 0.303. The maximum atomic E-state index is 11.0. The van der Waals surface area contributed by atoms with Gasteiger partial charge >= 0.3 is 5.69 Å². The molecule has 1 aliphatic rings. The molecule has 0 bridgehead atoms. The van der Waals surface area contributed by atoms with E-state index in [0.717, 1.165) is 12.0 Å². The zero-order chi connectivity index (χ0) is 13.3. The van der Waals surface area contributed by atoms with Crippen molar-refractivity contribution in [3.05, 3.63) is 33.9 Å². The minimum atomic E-state index is -0.422. The van der Waals surface area contributed by atoms with E-state index in [2.05, 4.69) is 15.9 Å². The van der Waals surface area contributed by atoms with Crippen LogP contribution in [0.25, 0.3) is 0 Å². The third-order valence-electron chi connectivity index (χ3n) is 3.04. The lowest BCUT2D eigenvalue weighted by Crippen LogP contribution is -2.51. The van der Waals surface area contributed by atoms with E-state index in [0.29, 0.717) is 5.75 Å². The highest BCUT2D eigenvalue weighted by molar-refractivity contribution is 9.09. The van der Waals surface area contributed by atoms with Crippen molar-refractivity contribution < 1.29 is 14.4 Å². The van der Waals surface area contributed by atoms with Gasteiger partial charge in [0.05, 0.1) is 4.92 Å². The highest BCUT2D eigenvalue weighted by Gasteiger charge is 2.42. The van der Waals surface area contributed by atoms with Gasteiger partial charge in [-0.25, -0.2) is 0 Å². The molecular formula is C12H14BrNO4. The quantitative estimate of drug-likeness (QED) is 0.487. The fourth-order valence-electron chi connectivity index (χ4n) is 1.97. The molecule has 1 aliphatic carbocycles. The number of rotatable bonds is 4. The second-order valence-electron chi connectivity index (χ2n) is 4.34. The molecule has 6 heteroatoms. The van der Waals surface area contributed by atoms with E-state index in [1.54, 1.807) is 19.2 Å². The number of nitro groups is 1. The Hall–Kier alpha value is -1.14. The van der Waals surface area contributed by atoms with Gasteiger partial charge in [-0.1, -0.05) is 22.0 Å². The van der Waals surface area contributed by atoms with Crippen LogP contribution in [0.4, 0.5) is 5.69 Å². The number of alkyl halides is 1. The predicted molar refractivity (Wildman–Crippen MR) is 70.4 cm³/mol. The lowest BCUT2D eigenvalue weighted by molar-refractivity contribution is -0.386. The van der Waals surface area contributed by atoms with E-state index in [-0.39, 0.29) is 22.7 Å². The summed E-state index contributed by atoms with van der Waals surface area (Å²) in [7, 11) is 1.61. The molecule has 18 heavy (non-hydrogen) atoms. The summed E-state index contributed by atoms with van der Waals surface area (Å²) < 4.78 is 10.9. The summed E-state index contributed by atoms with van der Waals surface area (Å²) in [4.78, 5) is 10.8. The summed E-state index contributed by atoms with van der Waals surface area (Å²) in [6, 6.07) is 4.96. The maximum Gasteiger partial charge on any atom is 0.311 e. The lowest BCUT2D eigenvalue weighted by atomic mass is 9.91.